The Morgan fingerprint density at radius 1 is 1.40 bits per heavy atom. The van der Waals surface area contributed by atoms with E-state index in [0.29, 0.717) is 0 Å². The molecule has 0 aliphatic carbocycles. The molecule has 1 aliphatic rings. The molecule has 104 valence electrons. The van der Waals surface area contributed by atoms with E-state index in [1.54, 1.807) is 18.6 Å². The number of fused-ring (bicyclic) bond motifs is 1. The smallest absolute Gasteiger partial charge is 0.125 e. The quantitative estimate of drug-likeness (QED) is 0.934. The molecule has 20 heavy (non-hydrogen) atoms. The first-order valence-corrected chi connectivity index (χ1v) is 7.44. The molecule has 0 amide bonds. The highest BCUT2D eigenvalue weighted by molar-refractivity contribution is 9.10. The van der Waals surface area contributed by atoms with Crippen molar-refractivity contribution in [2.45, 2.75) is 18.9 Å². The fourth-order valence-electron chi connectivity index (χ4n) is 2.56. The highest BCUT2D eigenvalue weighted by Gasteiger charge is 2.21. The molecule has 3 rings (SSSR count). The van der Waals surface area contributed by atoms with Gasteiger partial charge in [0, 0.05) is 29.5 Å². The van der Waals surface area contributed by atoms with Gasteiger partial charge in [0.2, 0.25) is 0 Å². The van der Waals surface area contributed by atoms with Crippen LogP contribution in [0.4, 0.5) is 0 Å². The van der Waals surface area contributed by atoms with E-state index in [0.717, 1.165) is 35.4 Å². The standard InChI is InChI=1S/C15H16BrN3O/c1-17-13(14-9-18-3-4-19-14)8-11-7-12(16)6-10-2-5-20-15(10)11/h3-4,6-7,9,13,17H,2,5,8H2,1H3. The van der Waals surface area contributed by atoms with E-state index in [9.17, 15) is 0 Å². The van der Waals surface area contributed by atoms with E-state index < -0.39 is 0 Å². The van der Waals surface area contributed by atoms with Gasteiger partial charge in [-0.15, -0.1) is 0 Å². The number of ether oxygens (including phenoxy) is 1. The summed E-state index contributed by atoms with van der Waals surface area (Å²) in [6.07, 6.45) is 7.03. The summed E-state index contributed by atoms with van der Waals surface area (Å²) >= 11 is 3.58. The van der Waals surface area contributed by atoms with Crippen LogP contribution in [0.2, 0.25) is 0 Å². The van der Waals surface area contributed by atoms with Gasteiger partial charge in [0.05, 0.1) is 18.3 Å². The monoisotopic (exact) mass is 333 g/mol. The number of nitrogens with one attached hydrogen (secondary N) is 1. The Labute approximate surface area is 126 Å². The Morgan fingerprint density at radius 3 is 3.05 bits per heavy atom. The van der Waals surface area contributed by atoms with Crippen molar-refractivity contribution in [2.24, 2.45) is 0 Å². The van der Waals surface area contributed by atoms with Crippen molar-refractivity contribution in [1.29, 1.82) is 0 Å². The van der Waals surface area contributed by atoms with Crippen molar-refractivity contribution >= 4 is 15.9 Å². The van der Waals surface area contributed by atoms with Crippen molar-refractivity contribution in [3.05, 3.63) is 52.0 Å². The van der Waals surface area contributed by atoms with E-state index in [4.69, 9.17) is 4.74 Å². The van der Waals surface area contributed by atoms with E-state index in [1.807, 2.05) is 7.05 Å². The van der Waals surface area contributed by atoms with Gasteiger partial charge in [-0.3, -0.25) is 9.97 Å². The molecule has 1 aromatic heterocycles. The third-order valence-corrected chi connectivity index (χ3v) is 4.00. The molecule has 1 aromatic carbocycles. The fourth-order valence-corrected chi connectivity index (χ4v) is 3.12. The van der Waals surface area contributed by atoms with Crippen LogP contribution >= 0.6 is 15.9 Å². The fraction of sp³-hybridized carbons (Fsp3) is 0.333. The van der Waals surface area contributed by atoms with Gasteiger partial charge in [0.25, 0.3) is 0 Å². The molecule has 1 aliphatic heterocycles. The molecule has 0 saturated heterocycles. The second kappa shape index (κ2) is 5.89. The van der Waals surface area contributed by atoms with Gasteiger partial charge < -0.3 is 10.1 Å². The number of halogens is 1. The number of aromatic nitrogens is 2. The predicted molar refractivity (Wildman–Crippen MR) is 80.9 cm³/mol. The van der Waals surface area contributed by atoms with Crippen LogP contribution in [0.15, 0.2) is 35.2 Å². The van der Waals surface area contributed by atoms with Crippen molar-refractivity contribution < 1.29 is 4.74 Å². The van der Waals surface area contributed by atoms with Crippen LogP contribution in [0.3, 0.4) is 0 Å². The summed E-state index contributed by atoms with van der Waals surface area (Å²) in [4.78, 5) is 8.53. The van der Waals surface area contributed by atoms with Crippen LogP contribution in [-0.4, -0.2) is 23.6 Å². The summed E-state index contributed by atoms with van der Waals surface area (Å²) in [5, 5.41) is 3.30. The van der Waals surface area contributed by atoms with Gasteiger partial charge in [-0.1, -0.05) is 15.9 Å². The summed E-state index contributed by atoms with van der Waals surface area (Å²) in [7, 11) is 1.94. The minimum atomic E-state index is 0.131. The van der Waals surface area contributed by atoms with E-state index >= 15 is 0 Å². The first-order chi connectivity index (χ1) is 9.78. The lowest BCUT2D eigenvalue weighted by Gasteiger charge is -2.17. The maximum Gasteiger partial charge on any atom is 0.125 e. The zero-order chi connectivity index (χ0) is 13.9. The van der Waals surface area contributed by atoms with E-state index in [-0.39, 0.29) is 6.04 Å². The Morgan fingerprint density at radius 2 is 2.30 bits per heavy atom. The average molecular weight is 334 g/mol. The van der Waals surface area contributed by atoms with Crippen LogP contribution < -0.4 is 10.1 Å². The molecule has 0 bridgehead atoms. The molecular weight excluding hydrogens is 318 g/mol. The summed E-state index contributed by atoms with van der Waals surface area (Å²) in [5.74, 6) is 1.04. The minimum Gasteiger partial charge on any atom is -0.493 e. The SMILES string of the molecule is CNC(Cc1cc(Br)cc2c1OCC2)c1cnccn1. The third kappa shape index (κ3) is 2.69. The van der Waals surface area contributed by atoms with Crippen molar-refractivity contribution in [3.8, 4) is 5.75 Å². The normalized spacial score (nSPS) is 14.7. The topological polar surface area (TPSA) is 47.0 Å². The molecule has 0 fully saturated rings. The Balaban J connectivity index is 1.91. The lowest BCUT2D eigenvalue weighted by molar-refractivity contribution is 0.351. The maximum absolute atomic E-state index is 5.78. The van der Waals surface area contributed by atoms with Crippen LogP contribution in [0.25, 0.3) is 0 Å². The summed E-state index contributed by atoms with van der Waals surface area (Å²) < 4.78 is 6.88. The summed E-state index contributed by atoms with van der Waals surface area (Å²) in [6.45, 7) is 0.772. The summed E-state index contributed by atoms with van der Waals surface area (Å²) in [6, 6.07) is 4.40. The van der Waals surface area contributed by atoms with Gasteiger partial charge in [-0.2, -0.15) is 0 Å². The molecule has 0 saturated carbocycles. The molecule has 5 heteroatoms. The van der Waals surface area contributed by atoms with Gasteiger partial charge in [0.1, 0.15) is 5.75 Å². The molecule has 0 spiro atoms. The number of hydrogen-bond donors (Lipinski definition) is 1. The molecule has 0 radical (unpaired) electrons. The molecular formula is C15H16BrN3O. The van der Waals surface area contributed by atoms with Gasteiger partial charge >= 0.3 is 0 Å². The minimum absolute atomic E-state index is 0.131. The molecule has 1 unspecified atom stereocenters. The highest BCUT2D eigenvalue weighted by atomic mass is 79.9. The molecule has 1 N–H and O–H groups in total. The Bertz CT molecular complexity index is 604. The lowest BCUT2D eigenvalue weighted by Crippen LogP contribution is -2.20. The second-order valence-corrected chi connectivity index (χ2v) is 5.74. The van der Waals surface area contributed by atoms with E-state index in [2.05, 4.69) is 43.3 Å². The van der Waals surface area contributed by atoms with Gasteiger partial charge in [-0.25, -0.2) is 0 Å². The van der Waals surface area contributed by atoms with Crippen LogP contribution in [-0.2, 0) is 12.8 Å². The van der Waals surface area contributed by atoms with Gasteiger partial charge in [-0.05, 0) is 36.7 Å². The van der Waals surface area contributed by atoms with Crippen LogP contribution in [0, 0.1) is 0 Å². The number of rotatable bonds is 4. The van der Waals surface area contributed by atoms with Crippen molar-refractivity contribution in [3.63, 3.8) is 0 Å². The third-order valence-electron chi connectivity index (χ3n) is 3.54. The first kappa shape index (κ1) is 13.5. The zero-order valence-corrected chi connectivity index (χ0v) is 12.9. The Kier molecular flexibility index (Phi) is 3.98. The maximum atomic E-state index is 5.78. The zero-order valence-electron chi connectivity index (χ0n) is 11.3. The molecule has 1 atom stereocenters. The largest absolute Gasteiger partial charge is 0.493 e. The lowest BCUT2D eigenvalue weighted by atomic mass is 10.00. The number of nitrogens with zero attached hydrogens (tertiary/aromatic N) is 2. The Hall–Kier alpha value is -1.46. The molecule has 4 nitrogen and oxygen atoms in total. The molecule has 2 heterocycles. The summed E-state index contributed by atoms with van der Waals surface area (Å²) in [5.41, 5.74) is 3.43. The second-order valence-electron chi connectivity index (χ2n) is 4.83. The van der Waals surface area contributed by atoms with Crippen LogP contribution in [0.1, 0.15) is 22.9 Å². The number of hydrogen-bond acceptors (Lipinski definition) is 4. The average Bonchev–Trinajstić information content (AvgIpc) is 2.93. The number of benzene rings is 1. The first-order valence-electron chi connectivity index (χ1n) is 6.65. The van der Waals surface area contributed by atoms with Crippen molar-refractivity contribution in [1.82, 2.24) is 15.3 Å². The predicted octanol–water partition coefficient (Wildman–Crippen LogP) is 2.68. The highest BCUT2D eigenvalue weighted by Crippen LogP contribution is 2.35. The molecule has 2 aromatic rings. The van der Waals surface area contributed by atoms with Crippen LogP contribution in [0.5, 0.6) is 5.75 Å². The van der Waals surface area contributed by atoms with E-state index in [1.165, 1.54) is 11.1 Å². The van der Waals surface area contributed by atoms with Crippen molar-refractivity contribution in [2.75, 3.05) is 13.7 Å². The van der Waals surface area contributed by atoms with Gasteiger partial charge in [0.15, 0.2) is 0 Å². The number of likely N-dealkylation sites (N-methyl/N-ethyl adjacent to an activating group) is 1.